The lowest BCUT2D eigenvalue weighted by Gasteiger charge is -2.29. The van der Waals surface area contributed by atoms with Crippen LogP contribution < -0.4 is 0 Å². The van der Waals surface area contributed by atoms with Crippen LogP contribution in [0.3, 0.4) is 0 Å². The van der Waals surface area contributed by atoms with Crippen LogP contribution in [0.25, 0.3) is 0 Å². The first kappa shape index (κ1) is 16.9. The second-order valence-electron chi connectivity index (χ2n) is 5.36. The summed E-state index contributed by atoms with van der Waals surface area (Å²) in [6.07, 6.45) is 4.75. The zero-order valence-corrected chi connectivity index (χ0v) is 14.3. The molecule has 1 fully saturated rings. The number of Topliss-reactive ketones (excluding diaryl/α,β-unsaturated/α-hetero) is 1. The molecule has 1 saturated carbocycles. The molecular weight excluding hydrogens is 359 g/mol. The summed E-state index contributed by atoms with van der Waals surface area (Å²) in [6, 6.07) is 3.07. The predicted octanol–water partition coefficient (Wildman–Crippen LogP) is 5.41. The number of ether oxygens (including phenoxy) is 1. The molecule has 0 spiro atoms. The molecule has 1 aliphatic rings. The third kappa shape index (κ3) is 3.85. The van der Waals surface area contributed by atoms with E-state index in [1.807, 2.05) is 6.92 Å². The highest BCUT2D eigenvalue weighted by atomic mass is 79.9. The van der Waals surface area contributed by atoms with Gasteiger partial charge in [0.15, 0.2) is 11.6 Å². The summed E-state index contributed by atoms with van der Waals surface area (Å²) in [4.78, 5) is 12.7. The monoisotopic (exact) mass is 376 g/mol. The highest BCUT2D eigenvalue weighted by molar-refractivity contribution is 9.10. The van der Waals surface area contributed by atoms with Gasteiger partial charge in [0.1, 0.15) is 6.10 Å². The summed E-state index contributed by atoms with van der Waals surface area (Å²) in [5.74, 6) is -0.791. The molecule has 1 atom stereocenters. The maximum atomic E-state index is 14.2. The Labute approximate surface area is 138 Å². The van der Waals surface area contributed by atoms with Crippen molar-refractivity contribution >= 4 is 33.3 Å². The van der Waals surface area contributed by atoms with Crippen molar-refractivity contribution in [3.8, 4) is 0 Å². The minimum atomic E-state index is -0.670. The van der Waals surface area contributed by atoms with Gasteiger partial charge in [-0.3, -0.25) is 4.79 Å². The first-order valence-corrected chi connectivity index (χ1v) is 8.52. The largest absolute Gasteiger partial charge is 0.370 e. The molecule has 1 aliphatic carbocycles. The lowest BCUT2D eigenvalue weighted by atomic mass is 9.82. The molecular formula is C16H19BrClFO2. The fourth-order valence-electron chi connectivity index (χ4n) is 2.91. The van der Waals surface area contributed by atoms with Gasteiger partial charge in [-0.2, -0.15) is 0 Å². The molecule has 0 aliphatic heterocycles. The van der Waals surface area contributed by atoms with Crippen LogP contribution in [-0.2, 0) is 4.74 Å². The number of halogens is 3. The first-order chi connectivity index (χ1) is 10.1. The zero-order valence-electron chi connectivity index (χ0n) is 12.0. The molecule has 0 aromatic heterocycles. The van der Waals surface area contributed by atoms with Crippen molar-refractivity contribution in [1.29, 1.82) is 0 Å². The Balaban J connectivity index is 2.27. The first-order valence-electron chi connectivity index (χ1n) is 7.35. The van der Waals surface area contributed by atoms with E-state index in [1.165, 1.54) is 12.5 Å². The van der Waals surface area contributed by atoms with Crippen LogP contribution in [-0.4, -0.2) is 18.5 Å². The molecule has 1 aromatic carbocycles. The number of carbonyl (C=O) groups excluding carboxylic acids is 1. The third-order valence-electron chi connectivity index (χ3n) is 3.98. The van der Waals surface area contributed by atoms with Gasteiger partial charge in [-0.05, 0) is 53.7 Å². The topological polar surface area (TPSA) is 26.3 Å². The maximum Gasteiger partial charge on any atom is 0.194 e. The van der Waals surface area contributed by atoms with Crippen LogP contribution in [0.1, 0.15) is 49.4 Å². The lowest BCUT2D eigenvalue weighted by molar-refractivity contribution is 0.0124. The Hall–Kier alpha value is -0.450. The molecule has 2 nitrogen and oxygen atoms in total. The van der Waals surface area contributed by atoms with E-state index in [4.69, 9.17) is 16.3 Å². The minimum absolute atomic E-state index is 0.0206. The van der Waals surface area contributed by atoms with Crippen LogP contribution in [0.4, 0.5) is 4.39 Å². The van der Waals surface area contributed by atoms with Gasteiger partial charge in [0.05, 0.1) is 10.6 Å². The molecule has 0 bridgehead atoms. The predicted molar refractivity (Wildman–Crippen MR) is 85.4 cm³/mol. The quantitative estimate of drug-likeness (QED) is 0.506. The van der Waals surface area contributed by atoms with E-state index in [2.05, 4.69) is 15.9 Å². The lowest BCUT2D eigenvalue weighted by Crippen LogP contribution is -2.34. The molecule has 1 aromatic rings. The second-order valence-corrected chi connectivity index (χ2v) is 6.59. The molecule has 0 saturated heterocycles. The van der Waals surface area contributed by atoms with Crippen molar-refractivity contribution in [2.45, 2.75) is 45.1 Å². The van der Waals surface area contributed by atoms with Gasteiger partial charge in [-0.15, -0.1) is 0 Å². The van der Waals surface area contributed by atoms with Crippen molar-refractivity contribution in [3.05, 3.63) is 33.0 Å². The summed E-state index contributed by atoms with van der Waals surface area (Å²) in [5.41, 5.74) is 0.0206. The number of benzene rings is 1. The molecule has 2 rings (SSSR count). The van der Waals surface area contributed by atoms with Crippen LogP contribution >= 0.6 is 27.5 Å². The summed E-state index contributed by atoms with van der Waals surface area (Å²) < 4.78 is 20.3. The van der Waals surface area contributed by atoms with Crippen molar-refractivity contribution in [2.24, 2.45) is 5.92 Å². The molecule has 0 heterocycles. The van der Waals surface area contributed by atoms with Crippen LogP contribution in [0.2, 0.25) is 5.02 Å². The number of hydrogen-bond acceptors (Lipinski definition) is 2. The summed E-state index contributed by atoms with van der Waals surface area (Å²) in [6.45, 7) is 2.30. The van der Waals surface area contributed by atoms with E-state index >= 15 is 0 Å². The second kappa shape index (κ2) is 7.70. The summed E-state index contributed by atoms with van der Waals surface area (Å²) in [5, 5.41) is -0.0558. The van der Waals surface area contributed by atoms with E-state index in [-0.39, 0.29) is 22.3 Å². The number of carbonyl (C=O) groups is 1. The van der Waals surface area contributed by atoms with Gasteiger partial charge in [-0.1, -0.05) is 30.9 Å². The van der Waals surface area contributed by atoms with Gasteiger partial charge in [-0.25, -0.2) is 4.39 Å². The Morgan fingerprint density at radius 2 is 2.10 bits per heavy atom. The Morgan fingerprint density at radius 1 is 1.43 bits per heavy atom. The molecule has 21 heavy (non-hydrogen) atoms. The molecule has 5 heteroatoms. The number of ketones is 1. The van der Waals surface area contributed by atoms with Crippen molar-refractivity contribution < 1.29 is 13.9 Å². The maximum absolute atomic E-state index is 14.2. The molecule has 0 radical (unpaired) electrons. The van der Waals surface area contributed by atoms with Crippen molar-refractivity contribution in [3.63, 3.8) is 0 Å². The molecule has 116 valence electrons. The van der Waals surface area contributed by atoms with Crippen LogP contribution in [0.5, 0.6) is 0 Å². The SMILES string of the molecule is CCOC(C(=O)c1ccc(Br)c(Cl)c1F)C1CCCCC1. The van der Waals surface area contributed by atoms with Crippen LogP contribution in [0.15, 0.2) is 16.6 Å². The van der Waals surface area contributed by atoms with Gasteiger partial charge in [0, 0.05) is 11.1 Å². The fraction of sp³-hybridized carbons (Fsp3) is 0.562. The average molecular weight is 378 g/mol. The van der Waals surface area contributed by atoms with Gasteiger partial charge in [0.2, 0.25) is 0 Å². The minimum Gasteiger partial charge on any atom is -0.370 e. The van der Waals surface area contributed by atoms with E-state index in [9.17, 15) is 9.18 Å². The van der Waals surface area contributed by atoms with E-state index < -0.39 is 11.9 Å². The van der Waals surface area contributed by atoms with Gasteiger partial charge < -0.3 is 4.74 Å². The third-order valence-corrected chi connectivity index (χ3v) is 5.24. The molecule has 0 N–H and O–H groups in total. The molecule has 1 unspecified atom stereocenters. The van der Waals surface area contributed by atoms with Crippen molar-refractivity contribution in [1.82, 2.24) is 0 Å². The van der Waals surface area contributed by atoms with E-state index in [0.717, 1.165) is 25.7 Å². The average Bonchev–Trinajstić information content (AvgIpc) is 2.51. The van der Waals surface area contributed by atoms with Crippen LogP contribution in [0, 0.1) is 11.7 Å². The fourth-order valence-corrected chi connectivity index (χ4v) is 3.38. The Kier molecular flexibility index (Phi) is 6.20. The standard InChI is InChI=1S/C16H19BrClFO2/c1-2-21-16(10-6-4-3-5-7-10)15(20)11-8-9-12(17)13(18)14(11)19/h8-10,16H,2-7H2,1H3. The highest BCUT2D eigenvalue weighted by Crippen LogP contribution is 2.32. The normalized spacial score (nSPS) is 17.7. The number of rotatable bonds is 5. The van der Waals surface area contributed by atoms with E-state index in [1.54, 1.807) is 6.07 Å². The smallest absolute Gasteiger partial charge is 0.194 e. The highest BCUT2D eigenvalue weighted by Gasteiger charge is 2.32. The molecule has 0 amide bonds. The zero-order chi connectivity index (χ0) is 15.4. The summed E-state index contributed by atoms with van der Waals surface area (Å²) >= 11 is 9.04. The van der Waals surface area contributed by atoms with Gasteiger partial charge in [0.25, 0.3) is 0 Å². The Bertz CT molecular complexity index is 515. The number of hydrogen-bond donors (Lipinski definition) is 0. The van der Waals surface area contributed by atoms with Crippen molar-refractivity contribution in [2.75, 3.05) is 6.61 Å². The Morgan fingerprint density at radius 3 is 2.71 bits per heavy atom. The summed E-state index contributed by atoms with van der Waals surface area (Å²) in [7, 11) is 0. The van der Waals surface area contributed by atoms with Gasteiger partial charge >= 0.3 is 0 Å². The van der Waals surface area contributed by atoms with E-state index in [0.29, 0.717) is 11.1 Å².